The molecular formula is C11H15N3O3. The van der Waals surface area contributed by atoms with Crippen LogP contribution in [0.1, 0.15) is 29.8 Å². The number of nitrogens with zero attached hydrogens (tertiary/aromatic N) is 2. The molecule has 0 saturated carbocycles. The van der Waals surface area contributed by atoms with Gasteiger partial charge in [0.15, 0.2) is 0 Å². The molecule has 0 aliphatic carbocycles. The van der Waals surface area contributed by atoms with Crippen LogP contribution in [-0.2, 0) is 4.79 Å². The van der Waals surface area contributed by atoms with E-state index in [1.54, 1.807) is 17.2 Å². The van der Waals surface area contributed by atoms with E-state index in [4.69, 9.17) is 5.11 Å². The third kappa shape index (κ3) is 2.83. The molecular weight excluding hydrogens is 222 g/mol. The molecule has 2 rings (SSSR count). The minimum Gasteiger partial charge on any atom is -0.481 e. The predicted octanol–water partition coefficient (Wildman–Crippen LogP) is 0.737. The third-order valence-electron chi connectivity index (χ3n) is 3.10. The van der Waals surface area contributed by atoms with Crippen LogP contribution in [0.2, 0.25) is 0 Å². The highest BCUT2D eigenvalue weighted by Crippen LogP contribution is 2.21. The maximum absolute atomic E-state index is 11.9. The number of aromatic nitrogens is 2. The van der Waals surface area contributed by atoms with Gasteiger partial charge in [0.05, 0.1) is 0 Å². The molecule has 0 bridgehead atoms. The maximum Gasteiger partial charge on any atom is 0.303 e. The monoisotopic (exact) mass is 237 g/mol. The van der Waals surface area contributed by atoms with Crippen molar-refractivity contribution in [2.24, 2.45) is 5.92 Å². The Kier molecular flexibility index (Phi) is 3.41. The van der Waals surface area contributed by atoms with E-state index in [2.05, 4.69) is 10.2 Å². The predicted molar refractivity (Wildman–Crippen MR) is 59.5 cm³/mol. The number of piperidine rings is 1. The Morgan fingerprint density at radius 1 is 1.47 bits per heavy atom. The SMILES string of the molecule is O=C(O)CC1CCN(C(=O)c2ccn[nH]2)CC1. The molecule has 0 radical (unpaired) electrons. The second-order valence-electron chi connectivity index (χ2n) is 4.30. The number of hydrogen-bond donors (Lipinski definition) is 2. The molecule has 0 aromatic carbocycles. The van der Waals surface area contributed by atoms with Crippen LogP contribution < -0.4 is 0 Å². The fourth-order valence-corrected chi connectivity index (χ4v) is 2.13. The zero-order valence-corrected chi connectivity index (χ0v) is 9.43. The van der Waals surface area contributed by atoms with Gasteiger partial charge < -0.3 is 10.0 Å². The zero-order chi connectivity index (χ0) is 12.3. The van der Waals surface area contributed by atoms with Crippen LogP contribution in [0.3, 0.4) is 0 Å². The molecule has 1 aromatic heterocycles. The number of carbonyl (C=O) groups excluding carboxylic acids is 1. The van der Waals surface area contributed by atoms with Crippen LogP contribution in [0.25, 0.3) is 0 Å². The van der Waals surface area contributed by atoms with Crippen LogP contribution in [0.15, 0.2) is 12.3 Å². The molecule has 6 heteroatoms. The Balaban J connectivity index is 1.87. The van der Waals surface area contributed by atoms with E-state index in [1.165, 1.54) is 0 Å². The molecule has 17 heavy (non-hydrogen) atoms. The van der Waals surface area contributed by atoms with Gasteiger partial charge in [0.2, 0.25) is 0 Å². The lowest BCUT2D eigenvalue weighted by molar-refractivity contribution is -0.138. The van der Waals surface area contributed by atoms with E-state index in [9.17, 15) is 9.59 Å². The Hall–Kier alpha value is -1.85. The van der Waals surface area contributed by atoms with Crippen molar-refractivity contribution in [3.8, 4) is 0 Å². The zero-order valence-electron chi connectivity index (χ0n) is 9.43. The van der Waals surface area contributed by atoms with Crippen LogP contribution in [0.4, 0.5) is 0 Å². The summed E-state index contributed by atoms with van der Waals surface area (Å²) in [5, 5.41) is 15.1. The van der Waals surface area contributed by atoms with Crippen LogP contribution >= 0.6 is 0 Å². The van der Waals surface area contributed by atoms with Crippen molar-refractivity contribution in [2.75, 3.05) is 13.1 Å². The topological polar surface area (TPSA) is 86.3 Å². The number of aliphatic carboxylic acids is 1. The van der Waals surface area contributed by atoms with Gasteiger partial charge in [-0.2, -0.15) is 5.10 Å². The largest absolute Gasteiger partial charge is 0.481 e. The van der Waals surface area contributed by atoms with Crippen LogP contribution in [-0.4, -0.2) is 45.2 Å². The summed E-state index contributed by atoms with van der Waals surface area (Å²) >= 11 is 0. The molecule has 2 N–H and O–H groups in total. The van der Waals surface area contributed by atoms with Crippen LogP contribution in [0.5, 0.6) is 0 Å². The highest BCUT2D eigenvalue weighted by molar-refractivity contribution is 5.92. The average molecular weight is 237 g/mol. The van der Waals surface area contributed by atoms with Gasteiger partial charge in [-0.1, -0.05) is 0 Å². The van der Waals surface area contributed by atoms with E-state index in [1.807, 2.05) is 0 Å². The van der Waals surface area contributed by atoms with E-state index < -0.39 is 5.97 Å². The van der Waals surface area contributed by atoms with Crippen molar-refractivity contribution in [3.05, 3.63) is 18.0 Å². The molecule has 1 aliphatic heterocycles. The molecule has 1 fully saturated rings. The minimum absolute atomic E-state index is 0.0590. The van der Waals surface area contributed by atoms with Gasteiger partial charge in [0.25, 0.3) is 5.91 Å². The van der Waals surface area contributed by atoms with E-state index in [-0.39, 0.29) is 18.2 Å². The summed E-state index contributed by atoms with van der Waals surface area (Å²) in [6.45, 7) is 1.24. The molecule has 1 amide bonds. The number of carbonyl (C=O) groups is 2. The lowest BCUT2D eigenvalue weighted by Crippen LogP contribution is -2.39. The first-order valence-corrected chi connectivity index (χ1v) is 5.67. The first-order chi connectivity index (χ1) is 8.16. The smallest absolute Gasteiger partial charge is 0.303 e. The minimum atomic E-state index is -0.761. The summed E-state index contributed by atoms with van der Waals surface area (Å²) in [6.07, 6.45) is 3.26. The van der Waals surface area contributed by atoms with Gasteiger partial charge in [-0.3, -0.25) is 14.7 Å². The number of rotatable bonds is 3. The third-order valence-corrected chi connectivity index (χ3v) is 3.10. The first-order valence-electron chi connectivity index (χ1n) is 5.67. The Morgan fingerprint density at radius 2 is 2.18 bits per heavy atom. The number of likely N-dealkylation sites (tertiary alicyclic amines) is 1. The Morgan fingerprint density at radius 3 is 2.71 bits per heavy atom. The van der Waals surface area contributed by atoms with Gasteiger partial charge in [0, 0.05) is 25.7 Å². The summed E-state index contributed by atoms with van der Waals surface area (Å²) in [7, 11) is 0. The van der Waals surface area contributed by atoms with Crippen molar-refractivity contribution in [1.82, 2.24) is 15.1 Å². The quantitative estimate of drug-likeness (QED) is 0.811. The number of H-pyrrole nitrogens is 1. The molecule has 2 heterocycles. The number of amides is 1. The molecule has 0 unspecified atom stereocenters. The van der Waals surface area contributed by atoms with Crippen molar-refractivity contribution in [3.63, 3.8) is 0 Å². The van der Waals surface area contributed by atoms with Crippen molar-refractivity contribution in [1.29, 1.82) is 0 Å². The molecule has 0 spiro atoms. The summed E-state index contributed by atoms with van der Waals surface area (Å²) < 4.78 is 0. The Bertz CT molecular complexity index is 394. The van der Waals surface area contributed by atoms with E-state index >= 15 is 0 Å². The van der Waals surface area contributed by atoms with Crippen LogP contribution in [0, 0.1) is 5.92 Å². The van der Waals surface area contributed by atoms with E-state index in [0.29, 0.717) is 18.8 Å². The number of nitrogens with one attached hydrogen (secondary N) is 1. The number of carboxylic acids is 1. The number of hydrogen-bond acceptors (Lipinski definition) is 3. The fraction of sp³-hybridized carbons (Fsp3) is 0.545. The summed E-state index contributed by atoms with van der Waals surface area (Å²) in [5.41, 5.74) is 0.488. The van der Waals surface area contributed by atoms with Gasteiger partial charge in [-0.05, 0) is 24.8 Å². The molecule has 0 atom stereocenters. The average Bonchev–Trinajstić information content (AvgIpc) is 2.82. The lowest BCUT2D eigenvalue weighted by Gasteiger charge is -2.30. The summed E-state index contributed by atoms with van der Waals surface area (Å²) in [5.74, 6) is -0.627. The first kappa shape index (κ1) is 11.6. The van der Waals surface area contributed by atoms with Crippen molar-refractivity contribution in [2.45, 2.75) is 19.3 Å². The van der Waals surface area contributed by atoms with Gasteiger partial charge in [0.1, 0.15) is 5.69 Å². The normalized spacial score (nSPS) is 17.1. The number of aromatic amines is 1. The van der Waals surface area contributed by atoms with E-state index in [0.717, 1.165) is 12.8 Å². The molecule has 1 aliphatic rings. The fourth-order valence-electron chi connectivity index (χ4n) is 2.13. The number of carboxylic acid groups (broad SMARTS) is 1. The van der Waals surface area contributed by atoms with Gasteiger partial charge in [-0.25, -0.2) is 0 Å². The highest BCUT2D eigenvalue weighted by atomic mass is 16.4. The molecule has 6 nitrogen and oxygen atoms in total. The molecule has 92 valence electrons. The maximum atomic E-state index is 11.9. The van der Waals surface area contributed by atoms with Crippen molar-refractivity contribution < 1.29 is 14.7 Å². The lowest BCUT2D eigenvalue weighted by atomic mass is 9.93. The van der Waals surface area contributed by atoms with Gasteiger partial charge in [-0.15, -0.1) is 0 Å². The summed E-state index contributed by atoms with van der Waals surface area (Å²) in [6, 6.07) is 1.64. The Labute approximate surface area is 98.6 Å². The standard InChI is InChI=1S/C11H15N3O3/c15-10(16)7-8-2-5-14(6-3-8)11(17)9-1-4-12-13-9/h1,4,8H,2-3,5-7H2,(H,12,13)(H,15,16). The molecule has 1 aromatic rings. The molecule has 1 saturated heterocycles. The highest BCUT2D eigenvalue weighted by Gasteiger charge is 2.25. The second-order valence-corrected chi connectivity index (χ2v) is 4.30. The van der Waals surface area contributed by atoms with Gasteiger partial charge >= 0.3 is 5.97 Å². The van der Waals surface area contributed by atoms with Crippen molar-refractivity contribution >= 4 is 11.9 Å². The second kappa shape index (κ2) is 4.99. The summed E-state index contributed by atoms with van der Waals surface area (Å²) in [4.78, 5) is 24.2.